The minimum atomic E-state index is -0.217. The molecule has 0 radical (unpaired) electrons. The third kappa shape index (κ3) is 5.26. The van der Waals surface area contributed by atoms with Gasteiger partial charge in [0.1, 0.15) is 19.0 Å². The number of hydrogen-bond donors (Lipinski definition) is 0. The molecule has 0 unspecified atom stereocenters. The van der Waals surface area contributed by atoms with Crippen LogP contribution in [0.5, 0.6) is 17.2 Å². The zero-order valence-corrected chi connectivity index (χ0v) is 16.0. The Morgan fingerprint density at radius 1 is 0.897 bits per heavy atom. The average Bonchev–Trinajstić information content (AvgIpc) is 2.76. The van der Waals surface area contributed by atoms with Gasteiger partial charge in [0.25, 0.3) is 0 Å². The molecule has 4 nitrogen and oxygen atoms in total. The van der Waals surface area contributed by atoms with Gasteiger partial charge in [-0.2, -0.15) is 0 Å². The molecule has 0 fully saturated rings. The second-order valence-electron chi connectivity index (χ2n) is 6.81. The maximum absolute atomic E-state index is 12.0. The Balaban J connectivity index is 1.61. The van der Waals surface area contributed by atoms with E-state index in [1.165, 1.54) is 0 Å². The molecule has 0 saturated carbocycles. The smallest absolute Gasteiger partial charge is 0.306 e. The fourth-order valence-corrected chi connectivity index (χ4v) is 3.06. The molecule has 0 spiro atoms. The van der Waals surface area contributed by atoms with Crippen molar-refractivity contribution in [2.24, 2.45) is 0 Å². The number of carbonyl (C=O) groups excluding carboxylic acids is 1. The van der Waals surface area contributed by atoms with Crippen LogP contribution in [0.4, 0.5) is 0 Å². The van der Waals surface area contributed by atoms with Crippen molar-refractivity contribution in [2.45, 2.75) is 19.4 Å². The molecule has 146 valence electrons. The van der Waals surface area contributed by atoms with Gasteiger partial charge in [0.05, 0.1) is 0 Å². The van der Waals surface area contributed by atoms with E-state index in [4.69, 9.17) is 14.2 Å². The van der Waals surface area contributed by atoms with Crippen molar-refractivity contribution in [3.05, 3.63) is 95.6 Å². The van der Waals surface area contributed by atoms with Crippen molar-refractivity contribution in [1.82, 2.24) is 0 Å². The van der Waals surface area contributed by atoms with Crippen LogP contribution >= 0.6 is 0 Å². The Hall–Kier alpha value is -3.53. The van der Waals surface area contributed by atoms with Crippen molar-refractivity contribution in [1.29, 1.82) is 0 Å². The number of aryl methyl sites for hydroxylation is 1. The summed E-state index contributed by atoms with van der Waals surface area (Å²) in [5.41, 5.74) is 3.09. The molecule has 0 aliphatic carbocycles. The lowest BCUT2D eigenvalue weighted by atomic mass is 10.1. The van der Waals surface area contributed by atoms with Crippen LogP contribution in [0.15, 0.2) is 78.9 Å². The largest absolute Gasteiger partial charge is 0.485 e. The van der Waals surface area contributed by atoms with Gasteiger partial charge in [-0.15, -0.1) is 0 Å². The zero-order chi connectivity index (χ0) is 19.9. The molecule has 2 heterocycles. The highest BCUT2D eigenvalue weighted by Gasteiger charge is 2.11. The van der Waals surface area contributed by atoms with Gasteiger partial charge in [-0.3, -0.25) is 4.79 Å². The second-order valence-corrected chi connectivity index (χ2v) is 6.81. The van der Waals surface area contributed by atoms with E-state index in [9.17, 15) is 4.79 Å². The standard InChI is InChI=1S/C25H22O4/c26-25-15-11-20-10-14-23(28-18-21-5-2-1-3-6-21)24(17-20)29-22-12-8-19(9-13-22)7-4-16-27-25/h1-10,12-14,17H,11,15-16,18H2/b7-4-. The van der Waals surface area contributed by atoms with Crippen LogP contribution in [-0.4, -0.2) is 12.6 Å². The summed E-state index contributed by atoms with van der Waals surface area (Å²) < 4.78 is 17.4. The molecule has 5 rings (SSSR count). The van der Waals surface area contributed by atoms with E-state index < -0.39 is 0 Å². The van der Waals surface area contributed by atoms with Crippen molar-refractivity contribution >= 4 is 12.0 Å². The summed E-state index contributed by atoms with van der Waals surface area (Å²) in [6.45, 7) is 0.723. The van der Waals surface area contributed by atoms with Gasteiger partial charge in [-0.25, -0.2) is 0 Å². The summed E-state index contributed by atoms with van der Waals surface area (Å²) >= 11 is 0. The summed E-state index contributed by atoms with van der Waals surface area (Å²) in [5.74, 6) is 1.80. The van der Waals surface area contributed by atoms with Crippen molar-refractivity contribution in [3.8, 4) is 17.2 Å². The normalized spacial score (nSPS) is 14.8. The fraction of sp³-hybridized carbons (Fsp3) is 0.160. The number of benzene rings is 3. The Labute approximate surface area is 170 Å². The zero-order valence-electron chi connectivity index (χ0n) is 16.0. The van der Waals surface area contributed by atoms with Gasteiger partial charge < -0.3 is 14.2 Å². The van der Waals surface area contributed by atoms with E-state index in [0.29, 0.717) is 30.9 Å². The Kier molecular flexibility index (Phi) is 5.91. The lowest BCUT2D eigenvalue weighted by Gasteiger charge is -2.14. The minimum Gasteiger partial charge on any atom is -0.485 e. The summed E-state index contributed by atoms with van der Waals surface area (Å²) in [6.07, 6.45) is 4.66. The average molecular weight is 386 g/mol. The number of hydrogen-bond acceptors (Lipinski definition) is 4. The number of fused-ring (bicyclic) bond motifs is 7. The first kappa shape index (κ1) is 18.8. The molecule has 2 aliphatic rings. The van der Waals surface area contributed by atoms with Crippen LogP contribution in [0.2, 0.25) is 0 Å². The van der Waals surface area contributed by atoms with Gasteiger partial charge in [-0.05, 0) is 53.5 Å². The molecule has 29 heavy (non-hydrogen) atoms. The molecule has 0 amide bonds. The third-order valence-corrected chi connectivity index (χ3v) is 4.62. The van der Waals surface area contributed by atoms with E-state index in [-0.39, 0.29) is 12.6 Å². The number of ether oxygens (including phenoxy) is 3. The van der Waals surface area contributed by atoms with Gasteiger partial charge in [0.2, 0.25) is 0 Å². The quantitative estimate of drug-likeness (QED) is 0.553. The summed E-state index contributed by atoms with van der Waals surface area (Å²) in [4.78, 5) is 12.0. The number of carbonyl (C=O) groups is 1. The number of rotatable bonds is 3. The van der Waals surface area contributed by atoms with Crippen LogP contribution in [0.3, 0.4) is 0 Å². The van der Waals surface area contributed by atoms with Crippen molar-refractivity contribution in [2.75, 3.05) is 6.61 Å². The molecule has 0 N–H and O–H groups in total. The molecule has 3 aromatic rings. The number of esters is 1. The predicted octanol–water partition coefficient (Wildman–Crippen LogP) is 5.56. The Morgan fingerprint density at radius 2 is 1.72 bits per heavy atom. The molecule has 3 aromatic carbocycles. The van der Waals surface area contributed by atoms with E-state index in [2.05, 4.69) is 0 Å². The molecule has 0 saturated heterocycles. The highest BCUT2D eigenvalue weighted by molar-refractivity contribution is 5.70. The molecule has 4 bridgehead atoms. The van der Waals surface area contributed by atoms with E-state index in [1.807, 2.05) is 84.9 Å². The Bertz CT molecular complexity index is 991. The summed E-state index contributed by atoms with van der Waals surface area (Å²) in [7, 11) is 0. The van der Waals surface area contributed by atoms with Crippen LogP contribution in [0, 0.1) is 0 Å². The van der Waals surface area contributed by atoms with E-state index in [1.54, 1.807) is 0 Å². The van der Waals surface area contributed by atoms with Gasteiger partial charge in [-0.1, -0.05) is 54.6 Å². The van der Waals surface area contributed by atoms with E-state index in [0.717, 1.165) is 22.4 Å². The van der Waals surface area contributed by atoms with Crippen molar-refractivity contribution < 1.29 is 19.0 Å². The first-order chi connectivity index (χ1) is 14.3. The summed E-state index contributed by atoms with van der Waals surface area (Å²) in [5, 5.41) is 0. The predicted molar refractivity (Wildman–Crippen MR) is 112 cm³/mol. The lowest BCUT2D eigenvalue weighted by Crippen LogP contribution is -2.06. The third-order valence-electron chi connectivity index (χ3n) is 4.62. The van der Waals surface area contributed by atoms with Gasteiger partial charge >= 0.3 is 5.97 Å². The second kappa shape index (κ2) is 9.11. The van der Waals surface area contributed by atoms with E-state index >= 15 is 0 Å². The van der Waals surface area contributed by atoms with Crippen LogP contribution in [-0.2, 0) is 22.6 Å². The lowest BCUT2D eigenvalue weighted by molar-refractivity contribution is -0.142. The first-order valence-electron chi connectivity index (χ1n) is 9.66. The van der Waals surface area contributed by atoms with Gasteiger partial charge in [0, 0.05) is 6.42 Å². The fourth-order valence-electron chi connectivity index (χ4n) is 3.06. The van der Waals surface area contributed by atoms with Crippen LogP contribution < -0.4 is 9.47 Å². The molecule has 4 heteroatoms. The first-order valence-corrected chi connectivity index (χ1v) is 9.66. The summed E-state index contributed by atoms with van der Waals surface area (Å²) in [6, 6.07) is 23.5. The van der Waals surface area contributed by atoms with Crippen LogP contribution in [0.1, 0.15) is 23.1 Å². The Morgan fingerprint density at radius 3 is 2.55 bits per heavy atom. The minimum absolute atomic E-state index is 0.217. The maximum Gasteiger partial charge on any atom is 0.306 e. The molecular formula is C25H22O4. The SMILES string of the molecule is O=C1CCc2ccc(OCc3ccccc3)c(c2)Oc2ccc(cc2)/C=C\CO1. The molecule has 0 atom stereocenters. The molecule has 0 aromatic heterocycles. The topological polar surface area (TPSA) is 44.8 Å². The van der Waals surface area contributed by atoms with Crippen molar-refractivity contribution in [3.63, 3.8) is 0 Å². The highest BCUT2D eigenvalue weighted by Crippen LogP contribution is 2.34. The van der Waals surface area contributed by atoms with Crippen LogP contribution in [0.25, 0.3) is 6.08 Å². The molecule has 2 aliphatic heterocycles. The highest BCUT2D eigenvalue weighted by atomic mass is 16.5. The molecular weight excluding hydrogens is 364 g/mol. The maximum atomic E-state index is 12.0. The monoisotopic (exact) mass is 386 g/mol. The van der Waals surface area contributed by atoms with Gasteiger partial charge in [0.15, 0.2) is 11.5 Å².